The maximum absolute atomic E-state index is 12.3. The van der Waals surface area contributed by atoms with Crippen LogP contribution in [-0.4, -0.2) is 26.3 Å². The molecule has 0 amide bonds. The number of halogens is 2. The third-order valence-corrected chi connectivity index (χ3v) is 2.99. The molecular weight excluding hydrogens is 264 g/mol. The largest absolute Gasteiger partial charge is 0.490 e. The molecule has 0 heterocycles. The van der Waals surface area contributed by atoms with Crippen LogP contribution < -0.4 is 14.8 Å². The molecule has 5 heteroatoms. The van der Waals surface area contributed by atoms with Gasteiger partial charge in [0, 0.05) is 6.04 Å². The third-order valence-electron chi connectivity index (χ3n) is 2.99. The summed E-state index contributed by atoms with van der Waals surface area (Å²) in [5, 5.41) is 3.14. The monoisotopic (exact) mass is 285 g/mol. The lowest BCUT2D eigenvalue weighted by molar-refractivity contribution is -0.0514. The summed E-state index contributed by atoms with van der Waals surface area (Å²) in [6, 6.07) is 5.17. The minimum absolute atomic E-state index is 0.0540. The molecule has 0 aromatic heterocycles. The highest BCUT2D eigenvalue weighted by atomic mass is 19.3. The van der Waals surface area contributed by atoms with Crippen LogP contribution in [0.5, 0.6) is 11.5 Å². The normalized spacial score (nSPS) is 13.4. The van der Waals surface area contributed by atoms with Crippen LogP contribution >= 0.6 is 0 Å². The van der Waals surface area contributed by atoms with Crippen molar-refractivity contribution in [3.63, 3.8) is 0 Å². The zero-order valence-corrected chi connectivity index (χ0v) is 12.2. The number of hydrogen-bond acceptors (Lipinski definition) is 3. The standard InChI is InChI=1S/C15H21F2NO2/c1-5-19-14-9-12(8-10(2)11(3)18-4)6-7-13(14)20-15(16)17/h6-9,11,15,18H,5H2,1-4H3/b10-8-. The van der Waals surface area contributed by atoms with Gasteiger partial charge in [0.25, 0.3) is 0 Å². The number of likely N-dealkylation sites (N-methyl/N-ethyl adjacent to an activating group) is 1. The predicted molar refractivity (Wildman–Crippen MR) is 76.4 cm³/mol. The van der Waals surface area contributed by atoms with Gasteiger partial charge in [0.15, 0.2) is 11.5 Å². The molecule has 0 bridgehead atoms. The van der Waals surface area contributed by atoms with Crippen LogP contribution in [-0.2, 0) is 0 Å². The molecule has 3 nitrogen and oxygen atoms in total. The fraction of sp³-hybridized carbons (Fsp3) is 0.467. The van der Waals surface area contributed by atoms with E-state index < -0.39 is 6.61 Å². The SMILES string of the molecule is CCOc1cc(/C=C(/C)C(C)NC)ccc1OC(F)F. The van der Waals surface area contributed by atoms with E-state index in [-0.39, 0.29) is 11.8 Å². The first kappa shape index (κ1) is 16.4. The van der Waals surface area contributed by atoms with E-state index >= 15 is 0 Å². The molecule has 0 saturated carbocycles. The summed E-state index contributed by atoms with van der Waals surface area (Å²) >= 11 is 0. The second-order valence-electron chi connectivity index (χ2n) is 4.42. The minimum Gasteiger partial charge on any atom is -0.490 e. The average molecular weight is 285 g/mol. The van der Waals surface area contributed by atoms with Crippen LogP contribution in [0.1, 0.15) is 26.3 Å². The fourth-order valence-corrected chi connectivity index (χ4v) is 1.69. The van der Waals surface area contributed by atoms with Gasteiger partial charge < -0.3 is 14.8 Å². The van der Waals surface area contributed by atoms with Crippen LogP contribution in [0.25, 0.3) is 6.08 Å². The number of nitrogens with one attached hydrogen (secondary N) is 1. The van der Waals surface area contributed by atoms with Gasteiger partial charge in [0.2, 0.25) is 0 Å². The maximum Gasteiger partial charge on any atom is 0.387 e. The predicted octanol–water partition coefficient (Wildman–Crippen LogP) is 3.70. The molecule has 0 aliphatic rings. The van der Waals surface area contributed by atoms with Crippen molar-refractivity contribution >= 4 is 6.08 Å². The second-order valence-corrected chi connectivity index (χ2v) is 4.42. The Balaban J connectivity index is 3.03. The van der Waals surface area contributed by atoms with Gasteiger partial charge in [0.1, 0.15) is 0 Å². The minimum atomic E-state index is -2.86. The quantitative estimate of drug-likeness (QED) is 0.828. The van der Waals surface area contributed by atoms with Crippen LogP contribution in [0, 0.1) is 0 Å². The maximum atomic E-state index is 12.3. The van der Waals surface area contributed by atoms with E-state index in [1.54, 1.807) is 19.1 Å². The topological polar surface area (TPSA) is 30.5 Å². The first-order chi connectivity index (χ1) is 9.47. The van der Waals surface area contributed by atoms with Gasteiger partial charge in [-0.1, -0.05) is 17.7 Å². The lowest BCUT2D eigenvalue weighted by Crippen LogP contribution is -2.21. The zero-order valence-electron chi connectivity index (χ0n) is 12.2. The van der Waals surface area contributed by atoms with E-state index in [0.29, 0.717) is 12.4 Å². The summed E-state index contributed by atoms with van der Waals surface area (Å²) in [5.41, 5.74) is 2.02. The number of ether oxygens (including phenoxy) is 2. The Hall–Kier alpha value is -1.62. The molecule has 1 atom stereocenters. The van der Waals surface area contributed by atoms with E-state index in [1.165, 1.54) is 6.07 Å². The van der Waals surface area contributed by atoms with E-state index in [4.69, 9.17) is 4.74 Å². The highest BCUT2D eigenvalue weighted by Gasteiger charge is 2.11. The molecule has 1 N–H and O–H groups in total. The van der Waals surface area contributed by atoms with Gasteiger partial charge in [-0.25, -0.2) is 0 Å². The Morgan fingerprint density at radius 1 is 1.35 bits per heavy atom. The fourth-order valence-electron chi connectivity index (χ4n) is 1.69. The summed E-state index contributed by atoms with van der Waals surface area (Å²) in [6.07, 6.45) is 1.98. The van der Waals surface area contributed by atoms with Crippen molar-refractivity contribution in [2.24, 2.45) is 0 Å². The van der Waals surface area contributed by atoms with Crippen molar-refractivity contribution in [1.82, 2.24) is 5.32 Å². The van der Waals surface area contributed by atoms with Gasteiger partial charge in [-0.3, -0.25) is 0 Å². The summed E-state index contributed by atoms with van der Waals surface area (Å²) in [4.78, 5) is 0. The van der Waals surface area contributed by atoms with Crippen molar-refractivity contribution in [3.8, 4) is 11.5 Å². The Labute approximate surface area is 118 Å². The molecule has 20 heavy (non-hydrogen) atoms. The average Bonchev–Trinajstić information content (AvgIpc) is 2.40. The van der Waals surface area contributed by atoms with E-state index in [0.717, 1.165) is 11.1 Å². The van der Waals surface area contributed by atoms with Crippen molar-refractivity contribution in [2.45, 2.75) is 33.4 Å². The Kier molecular flexibility index (Phi) is 6.45. The van der Waals surface area contributed by atoms with E-state index in [2.05, 4.69) is 10.1 Å². The summed E-state index contributed by atoms with van der Waals surface area (Å²) in [5.74, 6) is 0.379. The Morgan fingerprint density at radius 2 is 2.05 bits per heavy atom. The first-order valence-electron chi connectivity index (χ1n) is 6.55. The van der Waals surface area contributed by atoms with Gasteiger partial charge >= 0.3 is 6.61 Å². The van der Waals surface area contributed by atoms with Crippen molar-refractivity contribution in [2.75, 3.05) is 13.7 Å². The smallest absolute Gasteiger partial charge is 0.387 e. The molecule has 0 spiro atoms. The summed E-state index contributed by atoms with van der Waals surface area (Å²) < 4.78 is 34.4. The highest BCUT2D eigenvalue weighted by molar-refractivity contribution is 5.58. The van der Waals surface area contributed by atoms with Crippen LogP contribution in [0.2, 0.25) is 0 Å². The van der Waals surface area contributed by atoms with Gasteiger partial charge in [0.05, 0.1) is 6.61 Å². The molecule has 1 aromatic carbocycles. The molecule has 1 unspecified atom stereocenters. The third kappa shape index (κ3) is 4.81. The number of rotatable bonds is 7. The molecule has 1 aromatic rings. The lowest BCUT2D eigenvalue weighted by atomic mass is 10.1. The molecule has 0 aliphatic carbocycles. The number of hydrogen-bond donors (Lipinski definition) is 1. The van der Waals surface area contributed by atoms with Gasteiger partial charge in [-0.15, -0.1) is 0 Å². The zero-order chi connectivity index (χ0) is 15.1. The van der Waals surface area contributed by atoms with E-state index in [9.17, 15) is 8.78 Å². The van der Waals surface area contributed by atoms with Gasteiger partial charge in [-0.2, -0.15) is 8.78 Å². The van der Waals surface area contributed by atoms with Crippen molar-refractivity contribution in [1.29, 1.82) is 0 Å². The number of alkyl halides is 2. The summed E-state index contributed by atoms with van der Waals surface area (Å²) in [7, 11) is 1.88. The molecule has 112 valence electrons. The molecule has 0 fully saturated rings. The first-order valence-corrected chi connectivity index (χ1v) is 6.55. The Morgan fingerprint density at radius 3 is 2.60 bits per heavy atom. The molecule has 0 saturated heterocycles. The van der Waals surface area contributed by atoms with E-state index in [1.807, 2.05) is 27.0 Å². The lowest BCUT2D eigenvalue weighted by Gasteiger charge is -2.13. The Bertz CT molecular complexity index is 461. The molecule has 0 aliphatic heterocycles. The molecule has 0 radical (unpaired) electrons. The van der Waals surface area contributed by atoms with Crippen molar-refractivity contribution in [3.05, 3.63) is 29.3 Å². The highest BCUT2D eigenvalue weighted by Crippen LogP contribution is 2.30. The van der Waals surface area contributed by atoms with Crippen LogP contribution in [0.3, 0.4) is 0 Å². The van der Waals surface area contributed by atoms with Crippen LogP contribution in [0.4, 0.5) is 8.78 Å². The number of benzene rings is 1. The van der Waals surface area contributed by atoms with Gasteiger partial charge in [-0.05, 0) is 45.5 Å². The molecule has 1 rings (SSSR count). The van der Waals surface area contributed by atoms with Crippen LogP contribution in [0.15, 0.2) is 23.8 Å². The van der Waals surface area contributed by atoms with Crippen molar-refractivity contribution < 1.29 is 18.3 Å². The molecular formula is C15H21F2NO2. The summed E-state index contributed by atoms with van der Waals surface area (Å²) in [6.45, 7) is 3.37. The second kappa shape index (κ2) is 7.85.